The van der Waals surface area contributed by atoms with Gasteiger partial charge in [0.2, 0.25) is 0 Å². The Morgan fingerprint density at radius 1 is 0.718 bits per heavy atom. The Morgan fingerprint density at radius 2 is 1.10 bits per heavy atom. The number of benzene rings is 3. The molecule has 39 heavy (non-hydrogen) atoms. The highest BCUT2D eigenvalue weighted by atomic mass is 16.6. The van der Waals surface area contributed by atoms with Crippen LogP contribution in [0, 0.1) is 35.8 Å². The molecule has 202 valence electrons. The molecular weight excluding hydrogens is 486 g/mol. The highest BCUT2D eigenvalue weighted by Gasteiger charge is 2.33. The number of nitro groups is 1. The van der Waals surface area contributed by atoms with E-state index in [1.807, 2.05) is 6.07 Å². The van der Waals surface area contributed by atoms with Crippen molar-refractivity contribution < 1.29 is 4.92 Å². The molecule has 5 rings (SSSR count). The van der Waals surface area contributed by atoms with Crippen LogP contribution >= 0.6 is 0 Å². The quantitative estimate of drug-likeness (QED) is 0.252. The minimum absolute atomic E-state index is 0.0432. The smallest absolute Gasteiger partial charge is 0.270 e. The zero-order valence-corrected chi connectivity index (χ0v) is 23.6. The summed E-state index contributed by atoms with van der Waals surface area (Å²) in [4.78, 5) is 26.4. The fourth-order valence-electron chi connectivity index (χ4n) is 5.14. The van der Waals surface area contributed by atoms with Crippen molar-refractivity contribution in [3.63, 3.8) is 0 Å². The van der Waals surface area contributed by atoms with Crippen LogP contribution in [0.1, 0.15) is 49.9 Å². The monoisotopic (exact) mass is 523 g/mol. The summed E-state index contributed by atoms with van der Waals surface area (Å²) in [5, 5.41) is 12.2. The number of nitrogens with zero attached hydrogens (tertiary/aromatic N) is 5. The number of aryl methyl sites for hydroxylation is 2. The Hall–Kier alpha value is -4.00. The van der Waals surface area contributed by atoms with E-state index in [0.29, 0.717) is 11.8 Å². The lowest BCUT2D eigenvalue weighted by Crippen LogP contribution is -2.32. The molecule has 0 saturated carbocycles. The number of hydrogen-bond donors (Lipinski definition) is 0. The Morgan fingerprint density at radius 3 is 1.44 bits per heavy atom. The van der Waals surface area contributed by atoms with Gasteiger partial charge in [0, 0.05) is 47.7 Å². The summed E-state index contributed by atoms with van der Waals surface area (Å²) >= 11 is 0. The maximum absolute atomic E-state index is 12.2. The van der Waals surface area contributed by atoms with Crippen molar-refractivity contribution in [2.24, 2.45) is 21.8 Å². The molecule has 0 spiro atoms. The van der Waals surface area contributed by atoms with Crippen LogP contribution in [0.3, 0.4) is 0 Å². The standard InChI is InChI=1S/C32H37N5O2/c1-20(2)29-18-35(26-11-7-22(5)8-12-26)31(33-29)24-15-25(17-28(16-24)37(38)39)32-34-30(21(3)4)19-36(32)27-13-9-23(6)10-14-27/h7-17,20-21,29-30H,18-19H2,1-6H3/t29-,30-/m1/s1. The molecule has 7 heteroatoms. The van der Waals surface area contributed by atoms with E-state index < -0.39 is 0 Å². The van der Waals surface area contributed by atoms with E-state index in [0.717, 1.165) is 47.3 Å². The molecule has 0 saturated heterocycles. The van der Waals surface area contributed by atoms with E-state index in [9.17, 15) is 10.1 Å². The highest BCUT2D eigenvalue weighted by Crippen LogP contribution is 2.32. The number of aliphatic imine (C=N–C) groups is 2. The van der Waals surface area contributed by atoms with E-state index in [-0.39, 0.29) is 22.7 Å². The fraction of sp³-hybridized carbons (Fsp3) is 0.375. The van der Waals surface area contributed by atoms with Crippen molar-refractivity contribution in [2.45, 2.75) is 53.6 Å². The maximum Gasteiger partial charge on any atom is 0.270 e. The van der Waals surface area contributed by atoms with Gasteiger partial charge in [-0.15, -0.1) is 0 Å². The second-order valence-corrected chi connectivity index (χ2v) is 11.4. The van der Waals surface area contributed by atoms with E-state index >= 15 is 0 Å². The largest absolute Gasteiger partial charge is 0.324 e. The lowest BCUT2D eigenvalue weighted by molar-refractivity contribution is -0.384. The first-order valence-corrected chi connectivity index (χ1v) is 13.7. The third-order valence-electron chi connectivity index (χ3n) is 7.70. The van der Waals surface area contributed by atoms with Gasteiger partial charge in [-0.1, -0.05) is 63.1 Å². The second kappa shape index (κ2) is 10.6. The number of anilines is 2. The van der Waals surface area contributed by atoms with Crippen molar-refractivity contribution in [2.75, 3.05) is 22.9 Å². The van der Waals surface area contributed by atoms with Gasteiger partial charge in [0.1, 0.15) is 11.7 Å². The average molecular weight is 524 g/mol. The number of amidine groups is 2. The van der Waals surface area contributed by atoms with Crippen LogP contribution in [0.2, 0.25) is 0 Å². The molecule has 3 aromatic carbocycles. The highest BCUT2D eigenvalue weighted by molar-refractivity contribution is 6.16. The molecule has 0 amide bonds. The SMILES string of the molecule is Cc1ccc(N2C[C@H](C(C)C)N=C2c2cc(C3=N[C@@H](C(C)C)CN3c3ccc(C)cc3)cc([N+](=O)[O-])c2)cc1. The summed E-state index contributed by atoms with van der Waals surface area (Å²) in [6.07, 6.45) is 0. The first-order chi connectivity index (χ1) is 18.6. The van der Waals surface area contributed by atoms with Crippen molar-refractivity contribution in [1.29, 1.82) is 0 Å². The van der Waals surface area contributed by atoms with E-state index in [1.165, 1.54) is 11.1 Å². The predicted molar refractivity (Wildman–Crippen MR) is 160 cm³/mol. The predicted octanol–water partition coefficient (Wildman–Crippen LogP) is 6.79. The molecule has 3 aromatic rings. The second-order valence-electron chi connectivity index (χ2n) is 11.4. The molecular formula is C32H37N5O2. The number of nitro benzene ring substituents is 1. The summed E-state index contributed by atoms with van der Waals surface area (Å²) in [5.74, 6) is 2.22. The molecule has 0 unspecified atom stereocenters. The van der Waals surface area contributed by atoms with Crippen molar-refractivity contribution in [1.82, 2.24) is 0 Å². The van der Waals surface area contributed by atoms with Crippen LogP contribution in [0.25, 0.3) is 0 Å². The van der Waals surface area contributed by atoms with Gasteiger partial charge < -0.3 is 9.80 Å². The van der Waals surface area contributed by atoms with Crippen molar-refractivity contribution in [3.8, 4) is 0 Å². The molecule has 0 aliphatic carbocycles. The Bertz CT molecular complexity index is 1320. The van der Waals surface area contributed by atoms with E-state index in [4.69, 9.17) is 9.98 Å². The van der Waals surface area contributed by atoms with Gasteiger partial charge >= 0.3 is 0 Å². The van der Waals surface area contributed by atoms with Crippen LogP contribution in [-0.2, 0) is 0 Å². The number of rotatable bonds is 7. The van der Waals surface area contributed by atoms with Crippen LogP contribution in [0.15, 0.2) is 76.7 Å². The average Bonchev–Trinajstić information content (AvgIpc) is 3.55. The topological polar surface area (TPSA) is 74.3 Å². The zero-order valence-electron chi connectivity index (χ0n) is 23.6. The normalized spacial score (nSPS) is 19.2. The maximum atomic E-state index is 12.2. The van der Waals surface area contributed by atoms with E-state index in [1.54, 1.807) is 12.1 Å². The summed E-state index contributed by atoms with van der Waals surface area (Å²) in [6, 6.07) is 22.3. The van der Waals surface area contributed by atoms with Gasteiger partial charge in [-0.2, -0.15) is 0 Å². The summed E-state index contributed by atoms with van der Waals surface area (Å²) in [5.41, 5.74) is 5.96. The minimum atomic E-state index is -0.315. The summed E-state index contributed by atoms with van der Waals surface area (Å²) in [7, 11) is 0. The minimum Gasteiger partial charge on any atom is -0.324 e. The Labute approximate surface area is 231 Å². The zero-order chi connectivity index (χ0) is 27.8. The van der Waals surface area contributed by atoms with Gasteiger partial charge in [0.15, 0.2) is 0 Å². The van der Waals surface area contributed by atoms with Gasteiger partial charge in [-0.05, 0) is 56.0 Å². The van der Waals surface area contributed by atoms with Gasteiger partial charge in [-0.25, -0.2) is 0 Å². The third kappa shape index (κ3) is 5.44. The first-order valence-electron chi connectivity index (χ1n) is 13.7. The van der Waals surface area contributed by atoms with Crippen LogP contribution < -0.4 is 9.80 Å². The number of hydrogen-bond acceptors (Lipinski definition) is 6. The van der Waals surface area contributed by atoms with Crippen LogP contribution in [-0.4, -0.2) is 41.8 Å². The first kappa shape index (κ1) is 26.6. The van der Waals surface area contributed by atoms with Gasteiger partial charge in [-0.3, -0.25) is 20.1 Å². The van der Waals surface area contributed by atoms with E-state index in [2.05, 4.69) is 99.9 Å². The summed E-state index contributed by atoms with van der Waals surface area (Å²) in [6.45, 7) is 14.3. The van der Waals surface area contributed by atoms with Crippen LogP contribution in [0.5, 0.6) is 0 Å². The Balaban J connectivity index is 1.63. The fourth-order valence-corrected chi connectivity index (χ4v) is 5.14. The molecule has 2 aliphatic rings. The summed E-state index contributed by atoms with van der Waals surface area (Å²) < 4.78 is 0. The third-order valence-corrected chi connectivity index (χ3v) is 7.70. The lowest BCUT2D eigenvalue weighted by Gasteiger charge is -2.24. The Kier molecular flexibility index (Phi) is 7.25. The molecule has 0 N–H and O–H groups in total. The molecule has 2 atom stereocenters. The van der Waals surface area contributed by atoms with Gasteiger partial charge in [0.05, 0.1) is 17.0 Å². The van der Waals surface area contributed by atoms with Crippen molar-refractivity contribution >= 4 is 28.7 Å². The molecule has 2 heterocycles. The molecule has 2 aliphatic heterocycles. The molecule has 0 aromatic heterocycles. The molecule has 0 fully saturated rings. The van der Waals surface area contributed by atoms with Crippen LogP contribution in [0.4, 0.5) is 17.1 Å². The molecule has 0 radical (unpaired) electrons. The lowest BCUT2D eigenvalue weighted by atomic mass is 10.0. The molecule has 0 bridgehead atoms. The number of non-ortho nitro benzene ring substituents is 1. The molecule has 7 nitrogen and oxygen atoms in total. The van der Waals surface area contributed by atoms with Gasteiger partial charge in [0.25, 0.3) is 5.69 Å². The van der Waals surface area contributed by atoms with Crippen molar-refractivity contribution in [3.05, 3.63) is 99.1 Å².